The minimum atomic E-state index is -1.17. The van der Waals surface area contributed by atoms with Crippen molar-refractivity contribution >= 4 is 40.4 Å². The van der Waals surface area contributed by atoms with Crippen LogP contribution in [-0.2, 0) is 26.6 Å². The van der Waals surface area contributed by atoms with E-state index in [1.807, 2.05) is 36.4 Å². The number of carbonyl (C=O) groups excluding carboxylic acids is 1. The molecular weight excluding hydrogens is 683 g/mol. The van der Waals surface area contributed by atoms with E-state index in [4.69, 9.17) is 37.4 Å². The van der Waals surface area contributed by atoms with Gasteiger partial charge in [-0.2, -0.15) is 10.2 Å². The summed E-state index contributed by atoms with van der Waals surface area (Å²) in [6, 6.07) is 20.5. The molecule has 3 atom stereocenters. The SMILES string of the molecule is CC(=O)[C@H](C)n1ncn(-c2ccc(N3CCN(c4ccc(OC[C@H]5CO[C@@](Cn6cncn6)(c6ccc(Cl)cc6Cl)O5)cc4)CC3)cc2)c1=O. The summed E-state index contributed by atoms with van der Waals surface area (Å²) in [5, 5.41) is 9.31. The van der Waals surface area contributed by atoms with E-state index >= 15 is 0 Å². The van der Waals surface area contributed by atoms with Gasteiger partial charge in [0.25, 0.3) is 0 Å². The molecule has 0 radical (unpaired) electrons. The van der Waals surface area contributed by atoms with Crippen LogP contribution in [0.2, 0.25) is 10.0 Å². The lowest BCUT2D eigenvalue weighted by Crippen LogP contribution is -2.46. The third-order valence-electron chi connectivity index (χ3n) is 9.10. The first-order valence-corrected chi connectivity index (χ1v) is 17.0. The zero-order chi connectivity index (χ0) is 34.8. The number of anilines is 2. The number of hydrogen-bond acceptors (Lipinski definition) is 10. The van der Waals surface area contributed by atoms with Crippen LogP contribution in [-0.4, -0.2) is 80.4 Å². The van der Waals surface area contributed by atoms with Crippen LogP contribution < -0.4 is 20.2 Å². The molecule has 4 heterocycles. The summed E-state index contributed by atoms with van der Waals surface area (Å²) in [4.78, 5) is 33.2. The molecule has 0 bridgehead atoms. The first-order valence-electron chi connectivity index (χ1n) is 16.3. The summed E-state index contributed by atoms with van der Waals surface area (Å²) < 4.78 is 23.1. The van der Waals surface area contributed by atoms with Crippen LogP contribution in [0.4, 0.5) is 11.4 Å². The van der Waals surface area contributed by atoms with Gasteiger partial charge in [-0.05, 0) is 74.5 Å². The summed E-state index contributed by atoms with van der Waals surface area (Å²) in [5.74, 6) is -0.558. The van der Waals surface area contributed by atoms with E-state index in [-0.39, 0.29) is 30.7 Å². The first kappa shape index (κ1) is 33.8. The Bertz CT molecular complexity index is 1990. The van der Waals surface area contributed by atoms with Crippen molar-refractivity contribution in [2.75, 3.05) is 49.2 Å². The van der Waals surface area contributed by atoms with Gasteiger partial charge in [0.1, 0.15) is 50.0 Å². The van der Waals surface area contributed by atoms with E-state index in [1.54, 1.807) is 36.1 Å². The van der Waals surface area contributed by atoms with Gasteiger partial charge < -0.3 is 24.0 Å². The number of benzene rings is 3. The van der Waals surface area contributed by atoms with Gasteiger partial charge in [0.05, 0.1) is 17.3 Å². The van der Waals surface area contributed by atoms with Crippen molar-refractivity contribution in [2.45, 2.75) is 38.3 Å². The number of aromatic nitrogens is 6. The zero-order valence-corrected chi connectivity index (χ0v) is 29.1. The van der Waals surface area contributed by atoms with Gasteiger partial charge in [-0.3, -0.25) is 4.79 Å². The smallest absolute Gasteiger partial charge is 0.351 e. The van der Waals surface area contributed by atoms with E-state index in [0.717, 1.165) is 43.3 Å². The quantitative estimate of drug-likeness (QED) is 0.189. The first-order chi connectivity index (χ1) is 24.2. The Morgan fingerprint density at radius 1 is 0.940 bits per heavy atom. The highest BCUT2D eigenvalue weighted by atomic mass is 35.5. The number of Topliss-reactive ketones (excluding diaryl/α,β-unsaturated/α-hetero) is 1. The molecule has 2 aliphatic heterocycles. The van der Waals surface area contributed by atoms with Crippen LogP contribution in [0, 0.1) is 0 Å². The molecule has 0 spiro atoms. The van der Waals surface area contributed by atoms with Gasteiger partial charge >= 0.3 is 5.69 Å². The van der Waals surface area contributed by atoms with Crippen molar-refractivity contribution in [2.24, 2.45) is 0 Å². The molecule has 0 N–H and O–H groups in total. The van der Waals surface area contributed by atoms with Gasteiger partial charge in [0, 0.05) is 48.1 Å². The molecule has 2 aromatic heterocycles. The number of piperazine rings is 1. The second-order valence-corrected chi connectivity index (χ2v) is 13.2. The average Bonchev–Trinajstić information content (AvgIpc) is 3.88. The van der Waals surface area contributed by atoms with Crippen molar-refractivity contribution in [1.29, 1.82) is 0 Å². The topological polar surface area (TPSA) is 122 Å². The van der Waals surface area contributed by atoms with Crippen molar-refractivity contribution < 1.29 is 19.0 Å². The fourth-order valence-electron chi connectivity index (χ4n) is 6.20. The van der Waals surface area contributed by atoms with Gasteiger partial charge in [0.15, 0.2) is 5.78 Å². The molecule has 7 rings (SSSR count). The Hall–Kier alpha value is -4.69. The normalized spacial score (nSPS) is 19.9. The van der Waals surface area contributed by atoms with E-state index in [0.29, 0.717) is 27.9 Å². The second-order valence-electron chi connectivity index (χ2n) is 12.3. The van der Waals surface area contributed by atoms with Crippen molar-refractivity contribution in [1.82, 2.24) is 29.1 Å². The van der Waals surface area contributed by atoms with Crippen LogP contribution in [0.1, 0.15) is 25.5 Å². The standard InChI is InChI=1S/C35H36Cl2N8O5/c1-24(25(2)46)45-34(47)44(23-40-45)29-6-4-27(5-7-29)41-13-15-42(16-14-41)28-8-10-30(11-9-28)48-18-31-19-49-35(50-31,20-43-22-38-21-39-43)32-12-3-26(36)17-33(32)37/h3-12,17,21-24,31H,13-16,18-20H2,1-2H3/t24-,31-,35+/m0/s1. The number of halogens is 2. The summed E-state index contributed by atoms with van der Waals surface area (Å²) in [6.45, 7) is 7.37. The molecule has 5 aromatic rings. The number of nitrogens with zero attached hydrogens (tertiary/aromatic N) is 8. The van der Waals surface area contributed by atoms with Crippen molar-refractivity contribution in [3.05, 3.63) is 112 Å². The van der Waals surface area contributed by atoms with Gasteiger partial charge in [-0.15, -0.1) is 0 Å². The minimum absolute atomic E-state index is 0.119. The molecule has 50 heavy (non-hydrogen) atoms. The third kappa shape index (κ3) is 6.99. The number of carbonyl (C=O) groups is 1. The minimum Gasteiger partial charge on any atom is -0.491 e. The molecule has 2 aliphatic rings. The number of ether oxygens (including phenoxy) is 3. The summed E-state index contributed by atoms with van der Waals surface area (Å²) >= 11 is 12.7. The lowest BCUT2D eigenvalue weighted by molar-refractivity contribution is -0.190. The van der Waals surface area contributed by atoms with E-state index in [2.05, 4.69) is 37.1 Å². The predicted molar refractivity (Wildman–Crippen MR) is 189 cm³/mol. The molecule has 3 aromatic carbocycles. The monoisotopic (exact) mass is 718 g/mol. The molecule has 2 saturated heterocycles. The molecule has 15 heteroatoms. The lowest BCUT2D eigenvalue weighted by atomic mass is 10.1. The highest BCUT2D eigenvalue weighted by molar-refractivity contribution is 6.35. The van der Waals surface area contributed by atoms with Crippen LogP contribution in [0.15, 0.2) is 90.5 Å². The predicted octanol–water partition coefficient (Wildman–Crippen LogP) is 4.76. The second kappa shape index (κ2) is 14.3. The molecule has 0 saturated carbocycles. The van der Waals surface area contributed by atoms with Crippen LogP contribution in [0.25, 0.3) is 5.69 Å². The number of ketones is 1. The highest BCUT2D eigenvalue weighted by Gasteiger charge is 2.45. The summed E-state index contributed by atoms with van der Waals surface area (Å²) in [7, 11) is 0. The number of hydrogen-bond donors (Lipinski definition) is 0. The van der Waals surface area contributed by atoms with Gasteiger partial charge in [0.2, 0.25) is 5.79 Å². The molecule has 0 aliphatic carbocycles. The zero-order valence-electron chi connectivity index (χ0n) is 27.6. The Morgan fingerprint density at radius 3 is 2.22 bits per heavy atom. The molecule has 2 fully saturated rings. The Morgan fingerprint density at radius 2 is 1.60 bits per heavy atom. The fraction of sp³-hybridized carbons (Fsp3) is 0.343. The molecule has 0 unspecified atom stereocenters. The maximum atomic E-state index is 12.8. The highest BCUT2D eigenvalue weighted by Crippen LogP contribution is 2.40. The fourth-order valence-corrected chi connectivity index (χ4v) is 6.76. The summed E-state index contributed by atoms with van der Waals surface area (Å²) in [5.41, 5.74) is 3.22. The van der Waals surface area contributed by atoms with Crippen LogP contribution >= 0.6 is 23.2 Å². The van der Waals surface area contributed by atoms with E-state index < -0.39 is 11.8 Å². The average molecular weight is 720 g/mol. The molecule has 13 nitrogen and oxygen atoms in total. The van der Waals surface area contributed by atoms with Gasteiger partial charge in [-0.1, -0.05) is 29.3 Å². The molecule has 0 amide bonds. The number of rotatable bonds is 11. The maximum absolute atomic E-state index is 12.8. The van der Waals surface area contributed by atoms with Crippen molar-refractivity contribution in [3.8, 4) is 11.4 Å². The summed E-state index contributed by atoms with van der Waals surface area (Å²) in [6.07, 6.45) is 4.17. The van der Waals surface area contributed by atoms with E-state index in [1.165, 1.54) is 28.8 Å². The van der Waals surface area contributed by atoms with E-state index in [9.17, 15) is 9.59 Å². The van der Waals surface area contributed by atoms with Gasteiger partial charge in [-0.25, -0.2) is 23.7 Å². The maximum Gasteiger partial charge on any atom is 0.351 e. The molecule has 260 valence electrons. The molecular formula is C35H36Cl2N8O5. The van der Waals surface area contributed by atoms with Crippen molar-refractivity contribution in [3.63, 3.8) is 0 Å². The Labute approximate surface area is 298 Å². The Kier molecular flexibility index (Phi) is 9.65. The third-order valence-corrected chi connectivity index (χ3v) is 9.64. The Balaban J connectivity index is 0.925. The lowest BCUT2D eigenvalue weighted by Gasteiger charge is -2.37. The van der Waals surface area contributed by atoms with Crippen LogP contribution in [0.3, 0.4) is 0 Å². The van der Waals surface area contributed by atoms with Crippen LogP contribution in [0.5, 0.6) is 5.75 Å². The largest absolute Gasteiger partial charge is 0.491 e.